The number of likely N-dealkylation sites (tertiary alicyclic amines) is 1. The Labute approximate surface area is 250 Å². The van der Waals surface area contributed by atoms with E-state index in [-0.39, 0.29) is 17.3 Å². The monoisotopic (exact) mass is 607 g/mol. The molecule has 4 heterocycles. The van der Waals surface area contributed by atoms with Crippen molar-refractivity contribution in [2.75, 3.05) is 19.6 Å². The number of carboxylic acids is 1. The van der Waals surface area contributed by atoms with E-state index in [1.54, 1.807) is 41.1 Å². The Morgan fingerprint density at radius 1 is 1.07 bits per heavy atom. The lowest BCUT2D eigenvalue weighted by molar-refractivity contribution is -0.192. The number of pyridine rings is 2. The standard InChI is InChI=1S/C30H28FN5O.C2HF3O2/c31-26-7-5-23-6-8-28(37)36-19-24(29(26)30(23)36)18-35-13-10-25(11-14-35)34-17-20-1-3-22(4-2-20)27-15-21(16-32)9-12-33-27;3-2(4,5)1(6)7/h1-9,12,15,24-25,34H,10-11,13-14,17-19H2;(H,6,7). The van der Waals surface area contributed by atoms with E-state index in [9.17, 15) is 22.4 Å². The fraction of sp³-hybridized carbons (Fsp3) is 0.312. The SMILES string of the molecule is N#Cc1ccnc(-c2ccc(CNC3CCN(CC4Cn5c(=O)ccc6ccc(F)c4c65)CC3)cc2)c1.O=C(O)C(F)(F)F. The molecule has 8 nitrogen and oxygen atoms in total. The van der Waals surface area contributed by atoms with Crippen molar-refractivity contribution in [1.29, 1.82) is 5.26 Å². The molecule has 12 heteroatoms. The molecule has 2 aromatic carbocycles. The number of piperidine rings is 1. The fourth-order valence-electron chi connectivity index (χ4n) is 5.77. The molecule has 2 aliphatic rings. The van der Waals surface area contributed by atoms with Gasteiger partial charge < -0.3 is 19.9 Å². The highest BCUT2D eigenvalue weighted by Gasteiger charge is 2.38. The number of rotatable bonds is 6. The quantitative estimate of drug-likeness (QED) is 0.295. The Morgan fingerprint density at radius 3 is 2.41 bits per heavy atom. The van der Waals surface area contributed by atoms with Crippen molar-refractivity contribution in [3.63, 3.8) is 0 Å². The molecule has 1 fully saturated rings. The summed E-state index contributed by atoms with van der Waals surface area (Å²) in [5.74, 6) is -2.96. The average molecular weight is 608 g/mol. The van der Waals surface area contributed by atoms with Gasteiger partial charge in [-0.2, -0.15) is 18.4 Å². The number of halogens is 4. The van der Waals surface area contributed by atoms with Gasteiger partial charge in [-0.05, 0) is 67.2 Å². The Balaban J connectivity index is 0.000000493. The molecule has 1 unspecified atom stereocenters. The molecule has 6 rings (SSSR count). The lowest BCUT2D eigenvalue weighted by atomic mass is 9.96. The van der Waals surface area contributed by atoms with E-state index in [4.69, 9.17) is 15.2 Å². The maximum absolute atomic E-state index is 14.8. The van der Waals surface area contributed by atoms with E-state index >= 15 is 0 Å². The first kappa shape index (κ1) is 30.8. The highest BCUT2D eigenvalue weighted by Crippen LogP contribution is 2.35. The summed E-state index contributed by atoms with van der Waals surface area (Å²) in [4.78, 5) is 28.1. The number of hydrogen-bond acceptors (Lipinski definition) is 6. The van der Waals surface area contributed by atoms with Gasteiger partial charge in [-0.25, -0.2) is 9.18 Å². The molecule has 44 heavy (non-hydrogen) atoms. The first-order valence-electron chi connectivity index (χ1n) is 14.1. The van der Waals surface area contributed by atoms with Crippen LogP contribution in [0.15, 0.2) is 71.7 Å². The van der Waals surface area contributed by atoms with Crippen LogP contribution in [0.3, 0.4) is 0 Å². The molecule has 228 valence electrons. The highest BCUT2D eigenvalue weighted by molar-refractivity contribution is 5.84. The van der Waals surface area contributed by atoms with Gasteiger partial charge in [0.15, 0.2) is 0 Å². The second-order valence-corrected chi connectivity index (χ2v) is 10.9. The van der Waals surface area contributed by atoms with Crippen LogP contribution >= 0.6 is 0 Å². The van der Waals surface area contributed by atoms with Gasteiger partial charge in [0.2, 0.25) is 0 Å². The summed E-state index contributed by atoms with van der Waals surface area (Å²) in [6, 6.07) is 21.1. The molecule has 0 aliphatic carbocycles. The number of carbonyl (C=O) groups is 1. The smallest absolute Gasteiger partial charge is 0.475 e. The lowest BCUT2D eigenvalue weighted by Crippen LogP contribution is -2.43. The molecule has 0 bridgehead atoms. The predicted molar refractivity (Wildman–Crippen MR) is 155 cm³/mol. The van der Waals surface area contributed by atoms with Crippen LogP contribution in [0, 0.1) is 17.1 Å². The minimum absolute atomic E-state index is 0.00478. The molecular weight excluding hydrogens is 578 g/mol. The van der Waals surface area contributed by atoms with Crippen molar-refractivity contribution < 1.29 is 27.5 Å². The summed E-state index contributed by atoms with van der Waals surface area (Å²) in [5.41, 5.74) is 5.04. The first-order chi connectivity index (χ1) is 21.0. The summed E-state index contributed by atoms with van der Waals surface area (Å²) in [5, 5.41) is 20.8. The van der Waals surface area contributed by atoms with Gasteiger partial charge in [0.25, 0.3) is 5.56 Å². The van der Waals surface area contributed by atoms with Crippen molar-refractivity contribution in [3.8, 4) is 17.3 Å². The maximum Gasteiger partial charge on any atom is 0.490 e. The van der Waals surface area contributed by atoms with Crippen molar-refractivity contribution in [2.45, 2.75) is 44.1 Å². The van der Waals surface area contributed by atoms with Crippen molar-refractivity contribution in [3.05, 3.63) is 99.7 Å². The molecule has 1 saturated heterocycles. The zero-order valence-electron chi connectivity index (χ0n) is 23.5. The molecule has 1 atom stereocenters. The Bertz CT molecular complexity index is 1760. The fourth-order valence-corrected chi connectivity index (χ4v) is 5.77. The number of benzene rings is 2. The van der Waals surface area contributed by atoms with Crippen molar-refractivity contribution >= 4 is 16.9 Å². The third-order valence-electron chi connectivity index (χ3n) is 7.99. The highest BCUT2D eigenvalue weighted by atomic mass is 19.4. The van der Waals surface area contributed by atoms with Crippen LogP contribution in [0.2, 0.25) is 0 Å². The minimum atomic E-state index is -5.08. The maximum atomic E-state index is 14.8. The summed E-state index contributed by atoms with van der Waals surface area (Å²) < 4.78 is 48.3. The number of aromatic nitrogens is 2. The minimum Gasteiger partial charge on any atom is -0.475 e. The lowest BCUT2D eigenvalue weighted by Gasteiger charge is -2.34. The third-order valence-corrected chi connectivity index (χ3v) is 7.99. The Kier molecular flexibility index (Phi) is 9.08. The molecule has 2 aromatic heterocycles. The number of aliphatic carboxylic acids is 1. The Morgan fingerprint density at radius 2 is 1.75 bits per heavy atom. The van der Waals surface area contributed by atoms with E-state index in [1.807, 2.05) is 12.1 Å². The second kappa shape index (κ2) is 13.0. The summed E-state index contributed by atoms with van der Waals surface area (Å²) in [6.07, 6.45) is -1.34. The Hall–Kier alpha value is -4.60. The zero-order valence-corrected chi connectivity index (χ0v) is 23.5. The van der Waals surface area contributed by atoms with Crippen LogP contribution in [0.1, 0.15) is 35.4 Å². The van der Waals surface area contributed by atoms with Gasteiger partial charge in [0, 0.05) is 55.0 Å². The summed E-state index contributed by atoms with van der Waals surface area (Å²) in [7, 11) is 0. The van der Waals surface area contributed by atoms with Gasteiger partial charge in [0.1, 0.15) is 5.82 Å². The van der Waals surface area contributed by atoms with Crippen LogP contribution in [-0.2, 0) is 17.9 Å². The summed E-state index contributed by atoms with van der Waals surface area (Å²) in [6.45, 7) is 4.03. The van der Waals surface area contributed by atoms with Crippen LogP contribution < -0.4 is 10.9 Å². The molecule has 0 spiro atoms. The molecule has 0 amide bonds. The molecule has 0 saturated carbocycles. The predicted octanol–water partition coefficient (Wildman–Crippen LogP) is 5.06. The van der Waals surface area contributed by atoms with Gasteiger partial charge >= 0.3 is 12.1 Å². The van der Waals surface area contributed by atoms with Gasteiger partial charge in [-0.3, -0.25) is 9.78 Å². The largest absolute Gasteiger partial charge is 0.490 e. The molecule has 0 radical (unpaired) electrons. The van der Waals surface area contributed by atoms with E-state index < -0.39 is 12.1 Å². The van der Waals surface area contributed by atoms with E-state index in [0.717, 1.165) is 61.2 Å². The normalized spacial score (nSPS) is 16.8. The number of nitrogens with one attached hydrogen (secondary N) is 1. The van der Waals surface area contributed by atoms with Crippen LogP contribution in [0.5, 0.6) is 0 Å². The molecule has 4 aromatic rings. The van der Waals surface area contributed by atoms with Gasteiger partial charge in [-0.1, -0.05) is 24.3 Å². The summed E-state index contributed by atoms with van der Waals surface area (Å²) >= 11 is 0. The van der Waals surface area contributed by atoms with E-state index in [2.05, 4.69) is 33.4 Å². The van der Waals surface area contributed by atoms with Crippen LogP contribution in [0.25, 0.3) is 22.2 Å². The number of nitriles is 1. The van der Waals surface area contributed by atoms with Crippen molar-refractivity contribution in [1.82, 2.24) is 19.8 Å². The average Bonchev–Trinajstić information content (AvgIpc) is 3.41. The zero-order chi connectivity index (χ0) is 31.4. The van der Waals surface area contributed by atoms with E-state index in [0.29, 0.717) is 23.7 Å². The second-order valence-electron chi connectivity index (χ2n) is 10.9. The number of nitrogens with zero attached hydrogens (tertiary/aromatic N) is 4. The number of hydrogen-bond donors (Lipinski definition) is 2. The van der Waals surface area contributed by atoms with Crippen LogP contribution in [0.4, 0.5) is 17.6 Å². The number of alkyl halides is 3. The molecule has 2 N–H and O–H groups in total. The van der Waals surface area contributed by atoms with Gasteiger partial charge in [0.05, 0.1) is 22.8 Å². The van der Waals surface area contributed by atoms with Crippen LogP contribution in [-0.4, -0.2) is 57.4 Å². The topological polar surface area (TPSA) is 111 Å². The molecular formula is C32H29F4N5O3. The van der Waals surface area contributed by atoms with Crippen molar-refractivity contribution in [2.24, 2.45) is 0 Å². The first-order valence-corrected chi connectivity index (χ1v) is 14.1. The molecule has 2 aliphatic heterocycles. The van der Waals surface area contributed by atoms with E-state index in [1.165, 1.54) is 11.6 Å². The number of carboxylic acid groups (broad SMARTS) is 1. The third kappa shape index (κ3) is 6.96. The van der Waals surface area contributed by atoms with Gasteiger partial charge in [-0.15, -0.1) is 0 Å².